The van der Waals surface area contributed by atoms with Crippen molar-refractivity contribution in [3.05, 3.63) is 36.0 Å². The molecule has 0 saturated heterocycles. The molecular weight excluding hydrogens is 339 g/mol. The third-order valence-electron chi connectivity index (χ3n) is 4.10. The van der Waals surface area contributed by atoms with Gasteiger partial charge < -0.3 is 4.74 Å². The number of benzene rings is 1. The maximum absolute atomic E-state index is 12.6. The van der Waals surface area contributed by atoms with Gasteiger partial charge in [-0.25, -0.2) is 9.50 Å². The molecule has 0 atom stereocenters. The van der Waals surface area contributed by atoms with Crippen LogP contribution in [-0.2, 0) is 6.18 Å². The van der Waals surface area contributed by atoms with Crippen LogP contribution in [0.25, 0.3) is 16.2 Å². The minimum absolute atomic E-state index is 0.232. The fourth-order valence-corrected chi connectivity index (χ4v) is 3.65. The number of fused-ring (bicyclic) bond motifs is 1. The molecule has 1 aromatic carbocycles. The van der Waals surface area contributed by atoms with E-state index in [9.17, 15) is 13.2 Å². The average Bonchev–Trinajstić information content (AvgIpc) is 3.23. The number of hydrogen-bond donors (Lipinski definition) is 0. The number of aromatic nitrogens is 3. The van der Waals surface area contributed by atoms with E-state index in [0.29, 0.717) is 21.4 Å². The summed E-state index contributed by atoms with van der Waals surface area (Å²) in [7, 11) is 0. The highest BCUT2D eigenvalue weighted by atomic mass is 32.1. The highest BCUT2D eigenvalue weighted by Gasteiger charge is 2.30. The van der Waals surface area contributed by atoms with Gasteiger partial charge in [0.1, 0.15) is 6.10 Å². The van der Waals surface area contributed by atoms with Gasteiger partial charge in [-0.2, -0.15) is 13.2 Å². The van der Waals surface area contributed by atoms with Crippen molar-refractivity contribution in [3.8, 4) is 16.5 Å². The number of ether oxygens (including phenoxy) is 1. The van der Waals surface area contributed by atoms with E-state index in [4.69, 9.17) is 4.74 Å². The van der Waals surface area contributed by atoms with Crippen LogP contribution in [0.15, 0.2) is 30.5 Å². The summed E-state index contributed by atoms with van der Waals surface area (Å²) in [5.41, 5.74) is 0.548. The van der Waals surface area contributed by atoms with Crippen LogP contribution in [-0.4, -0.2) is 20.7 Å². The van der Waals surface area contributed by atoms with E-state index < -0.39 is 11.7 Å². The molecule has 4 rings (SSSR count). The van der Waals surface area contributed by atoms with Crippen molar-refractivity contribution in [2.45, 2.75) is 38.0 Å². The highest BCUT2D eigenvalue weighted by molar-refractivity contribution is 7.18. The van der Waals surface area contributed by atoms with E-state index in [-0.39, 0.29) is 6.10 Å². The van der Waals surface area contributed by atoms with Crippen molar-refractivity contribution in [1.29, 1.82) is 0 Å². The first kappa shape index (κ1) is 15.4. The molecule has 0 spiro atoms. The van der Waals surface area contributed by atoms with Gasteiger partial charge in [0.2, 0.25) is 4.96 Å². The van der Waals surface area contributed by atoms with Gasteiger partial charge in [-0.15, -0.1) is 5.10 Å². The molecule has 0 N–H and O–H groups in total. The van der Waals surface area contributed by atoms with Crippen LogP contribution in [0, 0.1) is 0 Å². The van der Waals surface area contributed by atoms with E-state index >= 15 is 0 Å². The zero-order valence-corrected chi connectivity index (χ0v) is 13.4. The zero-order valence-electron chi connectivity index (χ0n) is 12.6. The minimum atomic E-state index is -4.33. The van der Waals surface area contributed by atoms with Crippen molar-refractivity contribution in [1.82, 2.24) is 14.6 Å². The molecule has 1 aliphatic carbocycles. The SMILES string of the molecule is FC(F)(F)c1ccc(-c2cn3nc(OC4CCCC4)sc3n2)cc1. The van der Waals surface area contributed by atoms with Gasteiger partial charge in [0, 0.05) is 5.56 Å². The molecule has 24 heavy (non-hydrogen) atoms. The Morgan fingerprint density at radius 3 is 2.46 bits per heavy atom. The second kappa shape index (κ2) is 5.77. The Labute approximate surface area is 139 Å². The first-order valence-corrected chi connectivity index (χ1v) is 8.51. The lowest BCUT2D eigenvalue weighted by atomic mass is 10.1. The topological polar surface area (TPSA) is 39.4 Å². The minimum Gasteiger partial charge on any atom is -0.466 e. The summed E-state index contributed by atoms with van der Waals surface area (Å²) < 4.78 is 45.3. The summed E-state index contributed by atoms with van der Waals surface area (Å²) in [5.74, 6) is 0. The number of alkyl halides is 3. The number of nitrogens with zero attached hydrogens (tertiary/aromatic N) is 3. The summed E-state index contributed by atoms with van der Waals surface area (Å²) in [6, 6.07) is 4.96. The van der Waals surface area contributed by atoms with Crippen LogP contribution in [0.3, 0.4) is 0 Å². The molecule has 3 aromatic rings. The van der Waals surface area contributed by atoms with Gasteiger partial charge in [-0.1, -0.05) is 12.1 Å². The third-order valence-corrected chi connectivity index (χ3v) is 4.92. The van der Waals surface area contributed by atoms with E-state index in [1.165, 1.54) is 36.3 Å². The number of halogens is 3. The van der Waals surface area contributed by atoms with E-state index in [2.05, 4.69) is 10.1 Å². The molecule has 2 heterocycles. The van der Waals surface area contributed by atoms with Gasteiger partial charge in [0.25, 0.3) is 5.19 Å². The molecule has 1 saturated carbocycles. The van der Waals surface area contributed by atoms with Crippen LogP contribution >= 0.6 is 11.3 Å². The number of hydrogen-bond acceptors (Lipinski definition) is 4. The summed E-state index contributed by atoms with van der Waals surface area (Å²) in [6.45, 7) is 0. The zero-order chi connectivity index (χ0) is 16.7. The van der Waals surface area contributed by atoms with Gasteiger partial charge >= 0.3 is 6.18 Å². The molecule has 126 valence electrons. The molecule has 0 unspecified atom stereocenters. The Morgan fingerprint density at radius 2 is 1.83 bits per heavy atom. The van der Waals surface area contributed by atoms with Crippen LogP contribution in [0.1, 0.15) is 31.2 Å². The van der Waals surface area contributed by atoms with Gasteiger partial charge in [-0.05, 0) is 49.2 Å². The van der Waals surface area contributed by atoms with Gasteiger partial charge in [0.05, 0.1) is 17.5 Å². The van der Waals surface area contributed by atoms with Gasteiger partial charge in [-0.3, -0.25) is 0 Å². The second-order valence-corrected chi connectivity index (χ2v) is 6.74. The fourth-order valence-electron chi connectivity index (χ4n) is 2.85. The van der Waals surface area contributed by atoms with Crippen LogP contribution in [0.4, 0.5) is 13.2 Å². The Hall–Kier alpha value is -2.09. The predicted molar refractivity (Wildman–Crippen MR) is 84.2 cm³/mol. The lowest BCUT2D eigenvalue weighted by Crippen LogP contribution is -2.10. The first-order valence-electron chi connectivity index (χ1n) is 7.69. The molecule has 0 amide bonds. The van der Waals surface area contributed by atoms with Crippen molar-refractivity contribution < 1.29 is 17.9 Å². The molecular formula is C16H14F3N3OS. The molecule has 1 aliphatic rings. The van der Waals surface area contributed by atoms with Crippen LogP contribution < -0.4 is 4.74 Å². The molecule has 0 radical (unpaired) electrons. The summed E-state index contributed by atoms with van der Waals surface area (Å²) >= 11 is 1.35. The monoisotopic (exact) mass is 353 g/mol. The van der Waals surface area contributed by atoms with E-state index in [1.54, 1.807) is 10.7 Å². The number of imidazole rings is 1. The standard InChI is InChI=1S/C16H14F3N3OS/c17-16(18,19)11-7-5-10(6-8-11)13-9-22-14(20-13)24-15(21-22)23-12-3-1-2-4-12/h5-9,12H,1-4H2. The average molecular weight is 353 g/mol. The Bertz CT molecular complexity index is 816. The Kier molecular flexibility index (Phi) is 3.71. The third kappa shape index (κ3) is 2.98. The fraction of sp³-hybridized carbons (Fsp3) is 0.375. The first-order chi connectivity index (χ1) is 11.5. The van der Waals surface area contributed by atoms with Crippen LogP contribution in [0.2, 0.25) is 0 Å². The van der Waals surface area contributed by atoms with Crippen molar-refractivity contribution in [2.75, 3.05) is 0 Å². The molecule has 1 fully saturated rings. The normalized spacial score (nSPS) is 16.1. The lowest BCUT2D eigenvalue weighted by molar-refractivity contribution is -0.137. The molecule has 0 aliphatic heterocycles. The van der Waals surface area contributed by atoms with Crippen molar-refractivity contribution in [3.63, 3.8) is 0 Å². The maximum atomic E-state index is 12.6. The van der Waals surface area contributed by atoms with Crippen LogP contribution in [0.5, 0.6) is 5.19 Å². The maximum Gasteiger partial charge on any atom is 0.416 e. The van der Waals surface area contributed by atoms with Crippen molar-refractivity contribution in [2.24, 2.45) is 0 Å². The summed E-state index contributed by atoms with van der Waals surface area (Å²) in [4.78, 5) is 5.09. The molecule has 4 nitrogen and oxygen atoms in total. The summed E-state index contributed by atoms with van der Waals surface area (Å²) in [6.07, 6.45) is 2.08. The smallest absolute Gasteiger partial charge is 0.416 e. The molecule has 2 aromatic heterocycles. The van der Waals surface area contributed by atoms with E-state index in [1.807, 2.05) is 0 Å². The Morgan fingerprint density at radius 1 is 1.12 bits per heavy atom. The van der Waals surface area contributed by atoms with Gasteiger partial charge in [0.15, 0.2) is 0 Å². The van der Waals surface area contributed by atoms with Crippen molar-refractivity contribution >= 4 is 16.3 Å². The summed E-state index contributed by atoms with van der Waals surface area (Å²) in [5, 5.41) is 4.94. The highest BCUT2D eigenvalue weighted by Crippen LogP contribution is 2.32. The largest absolute Gasteiger partial charge is 0.466 e. The molecule has 0 bridgehead atoms. The predicted octanol–water partition coefficient (Wildman–Crippen LogP) is 4.80. The quantitative estimate of drug-likeness (QED) is 0.679. The molecule has 8 heteroatoms. The second-order valence-electron chi connectivity index (χ2n) is 5.82. The lowest BCUT2D eigenvalue weighted by Gasteiger charge is -2.08. The number of rotatable bonds is 3. The Balaban J connectivity index is 1.55. The van der Waals surface area contributed by atoms with E-state index in [0.717, 1.165) is 25.0 Å².